The molecule has 0 radical (unpaired) electrons. The summed E-state index contributed by atoms with van der Waals surface area (Å²) in [6.45, 7) is 1.66. The lowest BCUT2D eigenvalue weighted by Crippen LogP contribution is -2.31. The Kier molecular flexibility index (Phi) is 3.47. The third kappa shape index (κ3) is 2.43. The largest absolute Gasteiger partial charge is 0.310 e. The molecule has 0 fully saturated rings. The number of benzene rings is 1. The second-order valence-electron chi connectivity index (χ2n) is 4.86. The summed E-state index contributed by atoms with van der Waals surface area (Å²) in [5.41, 5.74) is 0.777. The topological polar surface area (TPSA) is 74.8 Å². The maximum atomic E-state index is 12.2. The normalized spacial score (nSPS) is 17.3. The number of aromatic amines is 1. The molecule has 2 heterocycles. The minimum atomic E-state index is -0.461. The summed E-state index contributed by atoms with van der Waals surface area (Å²) >= 11 is 12.3. The van der Waals surface area contributed by atoms with Crippen molar-refractivity contribution in [3.63, 3.8) is 0 Å². The van der Waals surface area contributed by atoms with Crippen LogP contribution in [0.3, 0.4) is 0 Å². The van der Waals surface area contributed by atoms with Crippen LogP contribution in [0.4, 0.5) is 5.82 Å². The van der Waals surface area contributed by atoms with Gasteiger partial charge in [-0.15, -0.1) is 0 Å². The molecule has 7 heteroatoms. The predicted molar refractivity (Wildman–Crippen MR) is 81.1 cm³/mol. The molecule has 108 valence electrons. The fourth-order valence-electron chi connectivity index (χ4n) is 2.54. The van der Waals surface area contributed by atoms with Crippen LogP contribution in [0.2, 0.25) is 10.0 Å². The van der Waals surface area contributed by atoms with Gasteiger partial charge in [-0.05, 0) is 18.6 Å². The molecule has 0 spiro atoms. The van der Waals surface area contributed by atoms with E-state index in [1.807, 2.05) is 0 Å². The number of hydrogen-bond acceptors (Lipinski definition) is 3. The molecule has 1 aromatic carbocycles. The van der Waals surface area contributed by atoms with Gasteiger partial charge in [-0.2, -0.15) is 0 Å². The van der Waals surface area contributed by atoms with Crippen molar-refractivity contribution in [1.29, 1.82) is 0 Å². The molecule has 1 amide bonds. The predicted octanol–water partition coefficient (Wildman–Crippen LogP) is 2.86. The fraction of sp³-hybridized carbons (Fsp3) is 0.214. The molecule has 2 N–H and O–H groups in total. The van der Waals surface area contributed by atoms with Gasteiger partial charge in [0.05, 0.1) is 15.6 Å². The zero-order chi connectivity index (χ0) is 15.1. The molecule has 3 rings (SSSR count). The Morgan fingerprint density at radius 2 is 2.05 bits per heavy atom. The molecule has 1 aromatic heterocycles. The second kappa shape index (κ2) is 5.16. The lowest BCUT2D eigenvalue weighted by Gasteiger charge is -2.25. The molecule has 1 atom stereocenters. The van der Waals surface area contributed by atoms with E-state index in [0.29, 0.717) is 27.0 Å². The van der Waals surface area contributed by atoms with Gasteiger partial charge in [0.15, 0.2) is 0 Å². The average molecular weight is 324 g/mol. The van der Waals surface area contributed by atoms with Gasteiger partial charge in [-0.25, -0.2) is 4.98 Å². The number of carbonyl (C=O) groups is 1. The van der Waals surface area contributed by atoms with Gasteiger partial charge in [0, 0.05) is 12.3 Å². The van der Waals surface area contributed by atoms with E-state index in [1.165, 1.54) is 0 Å². The van der Waals surface area contributed by atoms with E-state index in [9.17, 15) is 9.59 Å². The van der Waals surface area contributed by atoms with Crippen LogP contribution in [0.25, 0.3) is 0 Å². The summed E-state index contributed by atoms with van der Waals surface area (Å²) in [4.78, 5) is 31.0. The van der Waals surface area contributed by atoms with Crippen LogP contribution >= 0.6 is 23.2 Å². The molecular weight excluding hydrogens is 313 g/mol. The van der Waals surface area contributed by atoms with Crippen molar-refractivity contribution in [2.45, 2.75) is 19.3 Å². The molecule has 0 unspecified atom stereocenters. The summed E-state index contributed by atoms with van der Waals surface area (Å²) in [6.07, 6.45) is 0.126. The standard InChI is InChI=1S/C14H11Cl2N3O2/c1-6-17-13-11(14(21)18-6)8(5-10(20)19-13)7-3-2-4-9(15)12(7)16/h2-4,8H,5H2,1H3,(H2,17,18,19,20,21)/t8-/m1/s1. The van der Waals surface area contributed by atoms with Crippen molar-refractivity contribution in [2.75, 3.05) is 5.32 Å². The monoisotopic (exact) mass is 323 g/mol. The Balaban J connectivity index is 2.24. The number of amides is 1. The number of aromatic nitrogens is 2. The first-order valence-corrected chi connectivity index (χ1v) is 7.07. The van der Waals surface area contributed by atoms with Crippen LogP contribution < -0.4 is 10.9 Å². The quantitative estimate of drug-likeness (QED) is 0.847. The van der Waals surface area contributed by atoms with Crippen LogP contribution in [0, 0.1) is 6.92 Å². The number of anilines is 1. The molecular formula is C14H11Cl2N3O2. The van der Waals surface area contributed by atoms with Crippen molar-refractivity contribution in [3.8, 4) is 0 Å². The first-order chi connectivity index (χ1) is 9.97. The summed E-state index contributed by atoms with van der Waals surface area (Å²) in [5, 5.41) is 3.37. The fourth-order valence-corrected chi connectivity index (χ4v) is 2.98. The van der Waals surface area contributed by atoms with Gasteiger partial charge < -0.3 is 10.3 Å². The number of rotatable bonds is 1. The third-order valence-corrected chi connectivity index (χ3v) is 4.26. The number of halogens is 2. The minimum Gasteiger partial charge on any atom is -0.310 e. The van der Waals surface area contributed by atoms with Crippen LogP contribution in [0.5, 0.6) is 0 Å². The average Bonchev–Trinajstić information content (AvgIpc) is 2.40. The molecule has 0 saturated carbocycles. The SMILES string of the molecule is Cc1nc2c(c(=O)[nH]1)[C@@H](c1cccc(Cl)c1Cl)CC(=O)N2. The number of hydrogen-bond donors (Lipinski definition) is 2. The molecule has 0 aliphatic carbocycles. The Bertz CT molecular complexity index is 801. The van der Waals surface area contributed by atoms with Crippen molar-refractivity contribution in [3.05, 3.63) is 55.5 Å². The van der Waals surface area contributed by atoms with Crippen LogP contribution in [0.1, 0.15) is 29.3 Å². The highest BCUT2D eigenvalue weighted by atomic mass is 35.5. The van der Waals surface area contributed by atoms with E-state index < -0.39 is 5.92 Å². The Morgan fingerprint density at radius 1 is 1.29 bits per heavy atom. The van der Waals surface area contributed by atoms with Gasteiger partial charge >= 0.3 is 0 Å². The lowest BCUT2D eigenvalue weighted by molar-refractivity contribution is -0.116. The van der Waals surface area contributed by atoms with E-state index in [2.05, 4.69) is 15.3 Å². The molecule has 0 saturated heterocycles. The molecule has 21 heavy (non-hydrogen) atoms. The Hall–Kier alpha value is -1.85. The zero-order valence-electron chi connectivity index (χ0n) is 11.0. The van der Waals surface area contributed by atoms with Gasteiger partial charge in [-0.1, -0.05) is 35.3 Å². The van der Waals surface area contributed by atoms with Gasteiger partial charge in [0.1, 0.15) is 11.6 Å². The van der Waals surface area contributed by atoms with E-state index in [1.54, 1.807) is 25.1 Å². The Labute approximate surface area is 130 Å². The number of aryl methyl sites for hydroxylation is 1. The van der Waals surface area contributed by atoms with Crippen LogP contribution in [-0.2, 0) is 4.79 Å². The lowest BCUT2D eigenvalue weighted by atomic mass is 9.87. The summed E-state index contributed by atoms with van der Waals surface area (Å²) < 4.78 is 0. The van der Waals surface area contributed by atoms with Crippen LogP contribution in [0.15, 0.2) is 23.0 Å². The maximum Gasteiger partial charge on any atom is 0.256 e. The van der Waals surface area contributed by atoms with E-state index in [0.717, 1.165) is 0 Å². The maximum absolute atomic E-state index is 12.2. The smallest absolute Gasteiger partial charge is 0.256 e. The van der Waals surface area contributed by atoms with Crippen molar-refractivity contribution < 1.29 is 4.79 Å². The first kappa shape index (κ1) is 14.1. The number of nitrogens with one attached hydrogen (secondary N) is 2. The number of carbonyl (C=O) groups excluding carboxylic acids is 1. The van der Waals surface area contributed by atoms with Crippen molar-refractivity contribution in [2.24, 2.45) is 0 Å². The molecule has 2 aromatic rings. The number of H-pyrrole nitrogens is 1. The molecule has 0 bridgehead atoms. The van der Waals surface area contributed by atoms with E-state index >= 15 is 0 Å². The van der Waals surface area contributed by atoms with Gasteiger partial charge in [-0.3, -0.25) is 9.59 Å². The number of fused-ring (bicyclic) bond motifs is 1. The number of nitrogens with zero attached hydrogens (tertiary/aromatic N) is 1. The zero-order valence-corrected chi connectivity index (χ0v) is 12.5. The highest BCUT2D eigenvalue weighted by Gasteiger charge is 2.32. The summed E-state index contributed by atoms with van der Waals surface area (Å²) in [6, 6.07) is 5.17. The molecule has 1 aliphatic rings. The highest BCUT2D eigenvalue weighted by Crippen LogP contribution is 2.39. The first-order valence-electron chi connectivity index (χ1n) is 6.32. The highest BCUT2D eigenvalue weighted by molar-refractivity contribution is 6.42. The van der Waals surface area contributed by atoms with Crippen molar-refractivity contribution >= 4 is 34.9 Å². The summed E-state index contributed by atoms with van der Waals surface area (Å²) in [5.74, 6) is 0.0586. The van der Waals surface area contributed by atoms with E-state index in [-0.39, 0.29) is 23.7 Å². The second-order valence-corrected chi connectivity index (χ2v) is 5.65. The molecule has 5 nitrogen and oxygen atoms in total. The Morgan fingerprint density at radius 3 is 2.81 bits per heavy atom. The van der Waals surface area contributed by atoms with Gasteiger partial charge in [0.2, 0.25) is 5.91 Å². The third-order valence-electron chi connectivity index (χ3n) is 3.43. The minimum absolute atomic E-state index is 0.126. The van der Waals surface area contributed by atoms with Crippen molar-refractivity contribution in [1.82, 2.24) is 9.97 Å². The van der Waals surface area contributed by atoms with E-state index in [4.69, 9.17) is 23.2 Å². The van der Waals surface area contributed by atoms with Gasteiger partial charge in [0.25, 0.3) is 5.56 Å². The summed E-state index contributed by atoms with van der Waals surface area (Å²) in [7, 11) is 0. The van der Waals surface area contributed by atoms with Crippen LogP contribution in [-0.4, -0.2) is 15.9 Å². The molecule has 1 aliphatic heterocycles.